The highest BCUT2D eigenvalue weighted by Crippen LogP contribution is 2.41. The van der Waals surface area contributed by atoms with Gasteiger partial charge in [-0.15, -0.1) is 0 Å². The average molecular weight is 382 g/mol. The van der Waals surface area contributed by atoms with Gasteiger partial charge in [-0.2, -0.15) is 0 Å². The van der Waals surface area contributed by atoms with E-state index in [1.807, 2.05) is 4.90 Å². The number of nitrogens with zero attached hydrogens (tertiary/aromatic N) is 1. The first-order chi connectivity index (χ1) is 13.7. The van der Waals surface area contributed by atoms with E-state index in [1.165, 1.54) is 5.56 Å². The van der Waals surface area contributed by atoms with Crippen molar-refractivity contribution in [1.29, 1.82) is 0 Å². The second kappa shape index (κ2) is 8.10. The molecule has 1 fully saturated rings. The van der Waals surface area contributed by atoms with E-state index in [9.17, 15) is 4.79 Å². The zero-order valence-corrected chi connectivity index (χ0v) is 16.4. The average Bonchev–Trinajstić information content (AvgIpc) is 2.78. The van der Waals surface area contributed by atoms with Crippen LogP contribution in [0.5, 0.6) is 17.2 Å². The second-order valence-corrected chi connectivity index (χ2v) is 7.02. The first-order valence-corrected chi connectivity index (χ1v) is 9.79. The summed E-state index contributed by atoms with van der Waals surface area (Å²) in [5.74, 6) is 1.63. The lowest BCUT2D eigenvalue weighted by Gasteiger charge is -2.37. The van der Waals surface area contributed by atoms with E-state index in [1.54, 1.807) is 19.2 Å². The number of piperazine rings is 1. The summed E-state index contributed by atoms with van der Waals surface area (Å²) in [6.07, 6.45) is 1.00. The number of methoxy groups -OCH3 is 1. The van der Waals surface area contributed by atoms with Crippen molar-refractivity contribution >= 4 is 5.91 Å². The molecule has 1 saturated heterocycles. The standard InChI is InChI=1S/C22H26N2O4/c1-3-15-4-6-16(7-5-15)18-14-23-8-9-24(18)22(25)17-12-19(26-2)21-20(13-17)27-10-11-28-21/h4-7,12-13,18,23H,3,8-11,14H2,1-2H3. The van der Waals surface area contributed by atoms with Gasteiger partial charge >= 0.3 is 0 Å². The Morgan fingerprint density at radius 1 is 1.21 bits per heavy atom. The number of carbonyl (C=O) groups excluding carboxylic acids is 1. The highest BCUT2D eigenvalue weighted by atomic mass is 16.6. The van der Waals surface area contributed by atoms with E-state index in [0.29, 0.717) is 42.6 Å². The molecular weight excluding hydrogens is 356 g/mol. The zero-order chi connectivity index (χ0) is 19.5. The number of ether oxygens (including phenoxy) is 3. The van der Waals surface area contributed by atoms with Gasteiger partial charge in [-0.1, -0.05) is 31.2 Å². The highest BCUT2D eigenvalue weighted by molar-refractivity contribution is 5.96. The summed E-state index contributed by atoms with van der Waals surface area (Å²) in [6, 6.07) is 12.0. The molecular formula is C22H26N2O4. The first kappa shape index (κ1) is 18.6. The summed E-state index contributed by atoms with van der Waals surface area (Å²) in [5.41, 5.74) is 2.99. The summed E-state index contributed by atoms with van der Waals surface area (Å²) in [6.45, 7) is 5.24. The third-order valence-electron chi connectivity index (χ3n) is 5.35. The number of benzene rings is 2. The quantitative estimate of drug-likeness (QED) is 0.881. The fourth-order valence-electron chi connectivity index (χ4n) is 3.78. The topological polar surface area (TPSA) is 60.0 Å². The number of rotatable bonds is 4. The van der Waals surface area contributed by atoms with Crippen molar-refractivity contribution in [1.82, 2.24) is 10.2 Å². The second-order valence-electron chi connectivity index (χ2n) is 7.02. The van der Waals surface area contributed by atoms with E-state index in [4.69, 9.17) is 14.2 Å². The van der Waals surface area contributed by atoms with Gasteiger partial charge in [0.2, 0.25) is 5.75 Å². The lowest BCUT2D eigenvalue weighted by Crippen LogP contribution is -2.48. The molecule has 6 heteroatoms. The molecule has 2 heterocycles. The van der Waals surface area contributed by atoms with Crippen LogP contribution in [0.15, 0.2) is 36.4 Å². The maximum atomic E-state index is 13.4. The largest absolute Gasteiger partial charge is 0.493 e. The van der Waals surface area contributed by atoms with E-state index in [2.05, 4.69) is 36.5 Å². The van der Waals surface area contributed by atoms with Crippen LogP contribution in [-0.2, 0) is 6.42 Å². The van der Waals surface area contributed by atoms with Gasteiger partial charge in [0.1, 0.15) is 13.2 Å². The summed E-state index contributed by atoms with van der Waals surface area (Å²) in [4.78, 5) is 15.3. The number of hydrogen-bond acceptors (Lipinski definition) is 5. The number of aryl methyl sites for hydroxylation is 1. The number of nitrogens with one attached hydrogen (secondary N) is 1. The first-order valence-electron chi connectivity index (χ1n) is 9.79. The van der Waals surface area contributed by atoms with Gasteiger partial charge in [0, 0.05) is 25.2 Å². The van der Waals surface area contributed by atoms with Crippen molar-refractivity contribution in [3.8, 4) is 17.2 Å². The predicted octanol–water partition coefficient (Wildman–Crippen LogP) is 2.82. The fraction of sp³-hybridized carbons (Fsp3) is 0.409. The molecule has 0 saturated carbocycles. The Morgan fingerprint density at radius 3 is 2.75 bits per heavy atom. The summed E-state index contributed by atoms with van der Waals surface area (Å²) in [5, 5.41) is 3.41. The molecule has 0 aliphatic carbocycles. The molecule has 1 amide bonds. The molecule has 1 atom stereocenters. The van der Waals surface area contributed by atoms with Gasteiger partial charge < -0.3 is 24.4 Å². The van der Waals surface area contributed by atoms with Crippen LogP contribution in [0.3, 0.4) is 0 Å². The van der Waals surface area contributed by atoms with E-state index < -0.39 is 0 Å². The minimum absolute atomic E-state index is 0.00801. The predicted molar refractivity (Wildman–Crippen MR) is 106 cm³/mol. The van der Waals surface area contributed by atoms with Crippen molar-refractivity contribution in [2.24, 2.45) is 0 Å². The normalized spacial score (nSPS) is 18.6. The van der Waals surface area contributed by atoms with Gasteiger partial charge in [0.15, 0.2) is 11.5 Å². The van der Waals surface area contributed by atoms with Gasteiger partial charge in [0.25, 0.3) is 5.91 Å². The van der Waals surface area contributed by atoms with Crippen LogP contribution < -0.4 is 19.5 Å². The molecule has 2 aliphatic rings. The van der Waals surface area contributed by atoms with Crippen LogP contribution in [0.25, 0.3) is 0 Å². The van der Waals surface area contributed by atoms with Crippen LogP contribution in [-0.4, -0.2) is 50.8 Å². The monoisotopic (exact) mass is 382 g/mol. The Balaban J connectivity index is 1.65. The minimum Gasteiger partial charge on any atom is -0.493 e. The Kier molecular flexibility index (Phi) is 5.39. The van der Waals surface area contributed by atoms with E-state index >= 15 is 0 Å². The Bertz CT molecular complexity index is 833. The SMILES string of the molecule is CCc1ccc(C2CNCCN2C(=O)c2cc(OC)c3c(c2)OCCO3)cc1. The molecule has 4 rings (SSSR count). The van der Waals surface area contributed by atoms with Gasteiger partial charge in [-0.3, -0.25) is 4.79 Å². The summed E-state index contributed by atoms with van der Waals surface area (Å²) in [7, 11) is 1.57. The summed E-state index contributed by atoms with van der Waals surface area (Å²) >= 11 is 0. The van der Waals surface area contributed by atoms with Crippen LogP contribution in [0.1, 0.15) is 34.5 Å². The lowest BCUT2D eigenvalue weighted by atomic mass is 9.99. The maximum absolute atomic E-state index is 13.4. The van der Waals surface area contributed by atoms with Crippen LogP contribution in [0.4, 0.5) is 0 Å². The van der Waals surface area contributed by atoms with Gasteiger partial charge in [-0.05, 0) is 29.7 Å². The van der Waals surface area contributed by atoms with Crippen molar-refractivity contribution in [2.45, 2.75) is 19.4 Å². The molecule has 0 radical (unpaired) electrons. The maximum Gasteiger partial charge on any atom is 0.254 e. The molecule has 0 aromatic heterocycles. The van der Waals surface area contributed by atoms with Crippen molar-refractivity contribution in [3.63, 3.8) is 0 Å². The Morgan fingerprint density at radius 2 is 2.00 bits per heavy atom. The Hall–Kier alpha value is -2.73. The van der Waals surface area contributed by atoms with Gasteiger partial charge in [0.05, 0.1) is 13.2 Å². The van der Waals surface area contributed by atoms with Gasteiger partial charge in [-0.25, -0.2) is 0 Å². The van der Waals surface area contributed by atoms with E-state index in [-0.39, 0.29) is 11.9 Å². The van der Waals surface area contributed by atoms with Crippen LogP contribution in [0.2, 0.25) is 0 Å². The number of fused-ring (bicyclic) bond motifs is 1. The molecule has 2 aromatic rings. The van der Waals surface area contributed by atoms with Crippen LogP contribution >= 0.6 is 0 Å². The number of carbonyl (C=O) groups is 1. The smallest absolute Gasteiger partial charge is 0.254 e. The van der Waals surface area contributed by atoms with E-state index in [0.717, 1.165) is 25.1 Å². The lowest BCUT2D eigenvalue weighted by molar-refractivity contribution is 0.0632. The number of hydrogen-bond donors (Lipinski definition) is 1. The molecule has 0 bridgehead atoms. The fourth-order valence-corrected chi connectivity index (χ4v) is 3.78. The highest BCUT2D eigenvalue weighted by Gasteiger charge is 2.30. The van der Waals surface area contributed by atoms with Crippen molar-refractivity contribution in [3.05, 3.63) is 53.1 Å². The zero-order valence-electron chi connectivity index (χ0n) is 16.4. The third-order valence-corrected chi connectivity index (χ3v) is 5.35. The number of amides is 1. The molecule has 0 spiro atoms. The molecule has 2 aromatic carbocycles. The molecule has 28 heavy (non-hydrogen) atoms. The van der Waals surface area contributed by atoms with Crippen molar-refractivity contribution in [2.75, 3.05) is 40.0 Å². The van der Waals surface area contributed by atoms with Crippen LogP contribution in [0, 0.1) is 0 Å². The molecule has 1 N–H and O–H groups in total. The molecule has 6 nitrogen and oxygen atoms in total. The molecule has 148 valence electrons. The minimum atomic E-state index is -0.0265. The molecule has 1 unspecified atom stereocenters. The molecule has 2 aliphatic heterocycles. The third kappa shape index (κ3) is 3.52. The summed E-state index contributed by atoms with van der Waals surface area (Å²) < 4.78 is 16.8. The Labute approximate surface area is 165 Å². The van der Waals surface area contributed by atoms with Crippen molar-refractivity contribution < 1.29 is 19.0 Å².